The molecule has 0 bridgehead atoms. The first kappa shape index (κ1) is 19.7. The van der Waals surface area contributed by atoms with E-state index in [-0.39, 0.29) is 10.8 Å². The minimum Gasteiger partial charge on any atom is -0.326 e. The number of carbonyl (C=O) groups excluding carboxylic acids is 1. The van der Waals surface area contributed by atoms with Crippen LogP contribution >= 0.6 is 0 Å². The lowest BCUT2D eigenvalue weighted by molar-refractivity contribution is -0.116. The number of hydrogen-bond donors (Lipinski definition) is 2. The molecule has 0 aliphatic carbocycles. The molecule has 2 N–H and O–H groups in total. The fourth-order valence-electron chi connectivity index (χ4n) is 4.16. The molecule has 0 spiro atoms. The number of anilines is 2. The van der Waals surface area contributed by atoms with E-state index in [1.165, 1.54) is 12.5 Å². The number of sulfonamides is 1. The Labute approximate surface area is 180 Å². The predicted octanol–water partition coefficient (Wildman–Crippen LogP) is 3.36. The van der Waals surface area contributed by atoms with Gasteiger partial charge in [0.25, 0.3) is 10.0 Å². The van der Waals surface area contributed by atoms with Crippen molar-refractivity contribution in [2.24, 2.45) is 0 Å². The van der Waals surface area contributed by atoms with Crippen molar-refractivity contribution in [3.05, 3.63) is 53.9 Å². The summed E-state index contributed by atoms with van der Waals surface area (Å²) in [6.07, 6.45) is 5.17. The van der Waals surface area contributed by atoms with Gasteiger partial charge in [-0.2, -0.15) is 0 Å². The zero-order valence-electron chi connectivity index (χ0n) is 17.0. The summed E-state index contributed by atoms with van der Waals surface area (Å²) in [6.45, 7) is 0.874. The average molecular weight is 438 g/mol. The van der Waals surface area contributed by atoms with Crippen molar-refractivity contribution in [1.82, 2.24) is 14.8 Å². The molecular formula is C22H23N5O3S. The summed E-state index contributed by atoms with van der Waals surface area (Å²) >= 11 is 0. The molecule has 5 rings (SSSR count). The number of aromatic nitrogens is 3. The third-order valence-electron chi connectivity index (χ3n) is 5.76. The van der Waals surface area contributed by atoms with E-state index in [0.29, 0.717) is 24.2 Å². The van der Waals surface area contributed by atoms with Crippen molar-refractivity contribution in [2.45, 2.75) is 50.0 Å². The standard InChI is InChI=1S/C22H23N5O3S/c28-21-11-8-15-14-18(9-10-19(15)23-21)31(29,30)26-17-6-4-5-16(13-17)22-25-24-20-7-2-1-3-12-27(20)22/h4-6,9-10,13-14,26H,1-3,7-8,11-12H2,(H,23,28). The molecule has 0 radical (unpaired) electrons. The molecule has 3 aromatic rings. The number of benzene rings is 2. The second-order valence-electron chi connectivity index (χ2n) is 7.96. The zero-order chi connectivity index (χ0) is 21.4. The minimum atomic E-state index is -3.77. The topological polar surface area (TPSA) is 106 Å². The van der Waals surface area contributed by atoms with Crippen LogP contribution in [0, 0.1) is 0 Å². The summed E-state index contributed by atoms with van der Waals surface area (Å²) < 4.78 is 30.8. The summed E-state index contributed by atoms with van der Waals surface area (Å²) in [5, 5.41) is 11.5. The Bertz CT molecular complexity index is 1270. The van der Waals surface area contributed by atoms with E-state index in [4.69, 9.17) is 0 Å². The van der Waals surface area contributed by atoms with Gasteiger partial charge in [-0.25, -0.2) is 8.42 Å². The van der Waals surface area contributed by atoms with Gasteiger partial charge in [0.2, 0.25) is 5.91 Å². The Kier molecular flexibility index (Phi) is 4.97. The van der Waals surface area contributed by atoms with Crippen LogP contribution < -0.4 is 10.0 Å². The molecule has 2 aromatic carbocycles. The summed E-state index contributed by atoms with van der Waals surface area (Å²) in [7, 11) is -3.77. The molecule has 0 atom stereocenters. The molecule has 0 saturated heterocycles. The lowest BCUT2D eigenvalue weighted by atomic mass is 10.0. The maximum atomic E-state index is 13.0. The van der Waals surface area contributed by atoms with Gasteiger partial charge in [0.15, 0.2) is 5.82 Å². The minimum absolute atomic E-state index is 0.0515. The predicted molar refractivity (Wildman–Crippen MR) is 117 cm³/mol. The quantitative estimate of drug-likeness (QED) is 0.651. The van der Waals surface area contributed by atoms with Crippen molar-refractivity contribution in [3.8, 4) is 11.4 Å². The molecule has 8 nitrogen and oxygen atoms in total. The van der Waals surface area contributed by atoms with Crippen molar-refractivity contribution >= 4 is 27.3 Å². The molecule has 2 aliphatic heterocycles. The highest BCUT2D eigenvalue weighted by Gasteiger charge is 2.21. The van der Waals surface area contributed by atoms with E-state index in [1.54, 1.807) is 24.3 Å². The monoisotopic (exact) mass is 437 g/mol. The van der Waals surface area contributed by atoms with E-state index in [1.807, 2.05) is 12.1 Å². The molecule has 160 valence electrons. The third kappa shape index (κ3) is 3.93. The molecule has 3 heterocycles. The molecule has 0 unspecified atom stereocenters. The Morgan fingerprint density at radius 2 is 1.87 bits per heavy atom. The maximum Gasteiger partial charge on any atom is 0.261 e. The average Bonchev–Trinajstić information content (AvgIpc) is 3.01. The highest BCUT2D eigenvalue weighted by molar-refractivity contribution is 7.92. The normalized spacial score (nSPS) is 16.1. The molecule has 1 aromatic heterocycles. The second-order valence-corrected chi connectivity index (χ2v) is 9.64. The summed E-state index contributed by atoms with van der Waals surface area (Å²) in [4.78, 5) is 11.7. The SMILES string of the molecule is O=C1CCc2cc(S(=O)(=O)Nc3cccc(-c4nnc5n4CCCCC5)c3)ccc2N1. The smallest absolute Gasteiger partial charge is 0.261 e. The lowest BCUT2D eigenvalue weighted by Crippen LogP contribution is -2.20. The van der Waals surface area contributed by atoms with Gasteiger partial charge in [0.05, 0.1) is 4.90 Å². The van der Waals surface area contributed by atoms with Gasteiger partial charge in [0, 0.05) is 36.3 Å². The maximum absolute atomic E-state index is 13.0. The molecule has 0 fully saturated rings. The number of hydrogen-bond acceptors (Lipinski definition) is 5. The van der Waals surface area contributed by atoms with Crippen LogP contribution in [0.25, 0.3) is 11.4 Å². The van der Waals surface area contributed by atoms with Crippen molar-refractivity contribution in [1.29, 1.82) is 0 Å². The summed E-state index contributed by atoms with van der Waals surface area (Å²) in [5.74, 6) is 1.70. The largest absolute Gasteiger partial charge is 0.326 e. The van der Waals surface area contributed by atoms with Gasteiger partial charge in [-0.3, -0.25) is 9.52 Å². The van der Waals surface area contributed by atoms with E-state index in [0.717, 1.165) is 48.6 Å². The van der Waals surface area contributed by atoms with Crippen LogP contribution in [-0.4, -0.2) is 29.1 Å². The van der Waals surface area contributed by atoms with Gasteiger partial charge in [-0.15, -0.1) is 10.2 Å². The highest BCUT2D eigenvalue weighted by atomic mass is 32.2. The zero-order valence-corrected chi connectivity index (χ0v) is 17.8. The van der Waals surface area contributed by atoms with E-state index >= 15 is 0 Å². The van der Waals surface area contributed by atoms with Crippen LogP contribution in [0.4, 0.5) is 11.4 Å². The first-order chi connectivity index (χ1) is 15.0. The van der Waals surface area contributed by atoms with Crippen LogP contribution in [0.2, 0.25) is 0 Å². The van der Waals surface area contributed by atoms with Gasteiger partial charge in [-0.05, 0) is 55.2 Å². The van der Waals surface area contributed by atoms with Gasteiger partial charge >= 0.3 is 0 Å². The fourth-order valence-corrected chi connectivity index (χ4v) is 5.26. The van der Waals surface area contributed by atoms with Gasteiger partial charge < -0.3 is 9.88 Å². The van der Waals surface area contributed by atoms with Crippen molar-refractivity contribution < 1.29 is 13.2 Å². The summed E-state index contributed by atoms with van der Waals surface area (Å²) in [6, 6.07) is 12.0. The Hall–Kier alpha value is -3.20. The number of carbonyl (C=O) groups is 1. The molecule has 31 heavy (non-hydrogen) atoms. The molecule has 0 saturated carbocycles. The number of rotatable bonds is 4. The molecule has 1 amide bonds. The molecular weight excluding hydrogens is 414 g/mol. The third-order valence-corrected chi connectivity index (χ3v) is 7.14. The Morgan fingerprint density at radius 3 is 2.77 bits per heavy atom. The Balaban J connectivity index is 1.42. The van der Waals surface area contributed by atoms with Gasteiger partial charge in [-0.1, -0.05) is 18.6 Å². The number of fused-ring (bicyclic) bond motifs is 2. The Morgan fingerprint density at radius 1 is 0.968 bits per heavy atom. The van der Waals surface area contributed by atoms with Crippen LogP contribution in [0.15, 0.2) is 47.4 Å². The highest BCUT2D eigenvalue weighted by Crippen LogP contribution is 2.28. The summed E-state index contributed by atoms with van der Waals surface area (Å²) in [5.41, 5.74) is 2.79. The van der Waals surface area contributed by atoms with Crippen LogP contribution in [0.3, 0.4) is 0 Å². The second kappa shape index (κ2) is 7.81. The van der Waals surface area contributed by atoms with E-state index in [9.17, 15) is 13.2 Å². The molecule has 2 aliphatic rings. The first-order valence-corrected chi connectivity index (χ1v) is 12.0. The van der Waals surface area contributed by atoms with Crippen LogP contribution in [0.5, 0.6) is 0 Å². The number of nitrogens with zero attached hydrogens (tertiary/aromatic N) is 3. The van der Waals surface area contributed by atoms with Crippen molar-refractivity contribution in [2.75, 3.05) is 10.0 Å². The van der Waals surface area contributed by atoms with E-state index < -0.39 is 10.0 Å². The number of nitrogens with one attached hydrogen (secondary N) is 2. The van der Waals surface area contributed by atoms with Crippen molar-refractivity contribution in [3.63, 3.8) is 0 Å². The molecule has 9 heteroatoms. The van der Waals surface area contributed by atoms with Gasteiger partial charge in [0.1, 0.15) is 5.82 Å². The number of aryl methyl sites for hydroxylation is 2. The first-order valence-electron chi connectivity index (χ1n) is 10.5. The van der Waals surface area contributed by atoms with Crippen LogP contribution in [-0.2, 0) is 34.2 Å². The lowest BCUT2D eigenvalue weighted by Gasteiger charge is -2.18. The number of amides is 1. The fraction of sp³-hybridized carbons (Fsp3) is 0.318. The van der Waals surface area contributed by atoms with E-state index in [2.05, 4.69) is 24.8 Å². The van der Waals surface area contributed by atoms with Crippen LogP contribution in [0.1, 0.15) is 37.1 Å².